The van der Waals surface area contributed by atoms with Crippen molar-refractivity contribution < 1.29 is 23.8 Å². The van der Waals surface area contributed by atoms with Gasteiger partial charge in [-0.15, -0.1) is 11.8 Å². The Morgan fingerprint density at radius 1 is 1.03 bits per heavy atom. The summed E-state index contributed by atoms with van der Waals surface area (Å²) in [6.07, 6.45) is 0.198. The SMILES string of the molecule is COc1cc(C2CC(=O)N(CC(=O)Nc3ccc(Br)cc3)c3ccccc3S2)cc(OC)c1OC. The Bertz CT molecular complexity index is 1210. The smallest absolute Gasteiger partial charge is 0.244 e. The molecule has 0 spiro atoms. The minimum atomic E-state index is -0.272. The molecule has 9 heteroatoms. The Kier molecular flexibility index (Phi) is 7.87. The number of amides is 2. The van der Waals surface area contributed by atoms with Gasteiger partial charge in [-0.1, -0.05) is 28.1 Å². The highest BCUT2D eigenvalue weighted by Crippen LogP contribution is 2.49. The Morgan fingerprint density at radius 3 is 2.31 bits per heavy atom. The number of rotatable bonds is 7. The number of hydrogen-bond donors (Lipinski definition) is 1. The van der Waals surface area contributed by atoms with E-state index in [2.05, 4.69) is 21.2 Å². The van der Waals surface area contributed by atoms with E-state index in [1.807, 2.05) is 48.5 Å². The van der Waals surface area contributed by atoms with Gasteiger partial charge in [-0.05, 0) is 54.1 Å². The summed E-state index contributed by atoms with van der Waals surface area (Å²) in [6, 6.07) is 18.7. The van der Waals surface area contributed by atoms with Crippen LogP contribution in [-0.4, -0.2) is 39.7 Å². The van der Waals surface area contributed by atoms with Gasteiger partial charge in [-0.3, -0.25) is 9.59 Å². The van der Waals surface area contributed by atoms with Crippen molar-refractivity contribution in [1.82, 2.24) is 0 Å². The van der Waals surface area contributed by atoms with Gasteiger partial charge < -0.3 is 24.4 Å². The number of para-hydroxylation sites is 1. The van der Waals surface area contributed by atoms with Crippen molar-refractivity contribution in [3.05, 3.63) is 70.7 Å². The van der Waals surface area contributed by atoms with Crippen LogP contribution in [0.5, 0.6) is 17.2 Å². The average molecular weight is 557 g/mol. The third-order valence-electron chi connectivity index (χ3n) is 5.57. The summed E-state index contributed by atoms with van der Waals surface area (Å²) in [6.45, 7) is -0.0888. The van der Waals surface area contributed by atoms with Gasteiger partial charge in [0.05, 0.1) is 27.0 Å². The van der Waals surface area contributed by atoms with Crippen molar-refractivity contribution in [2.75, 3.05) is 38.1 Å². The third-order valence-corrected chi connectivity index (χ3v) is 7.43. The first-order valence-corrected chi connectivity index (χ1v) is 12.5. The van der Waals surface area contributed by atoms with Crippen molar-refractivity contribution in [3.63, 3.8) is 0 Å². The highest BCUT2D eigenvalue weighted by molar-refractivity contribution is 9.10. The van der Waals surface area contributed by atoms with Crippen LogP contribution in [0, 0.1) is 0 Å². The second-order valence-electron chi connectivity index (χ2n) is 7.77. The van der Waals surface area contributed by atoms with Crippen LogP contribution in [0.3, 0.4) is 0 Å². The maximum Gasteiger partial charge on any atom is 0.244 e. The lowest BCUT2D eigenvalue weighted by atomic mass is 10.1. The molecule has 1 unspecified atom stereocenters. The maximum absolute atomic E-state index is 13.5. The average Bonchev–Trinajstić information content (AvgIpc) is 3.00. The van der Waals surface area contributed by atoms with E-state index >= 15 is 0 Å². The molecular weight excluding hydrogens is 532 g/mol. The molecule has 1 N–H and O–H groups in total. The minimum Gasteiger partial charge on any atom is -0.493 e. The summed E-state index contributed by atoms with van der Waals surface area (Å²) in [5.41, 5.74) is 2.25. The lowest BCUT2D eigenvalue weighted by molar-refractivity contribution is -0.121. The minimum absolute atomic E-state index is 0.0888. The summed E-state index contributed by atoms with van der Waals surface area (Å²) in [7, 11) is 4.68. The van der Waals surface area contributed by atoms with Gasteiger partial charge in [0.15, 0.2) is 11.5 Å². The molecule has 0 radical (unpaired) electrons. The first-order valence-electron chi connectivity index (χ1n) is 10.8. The zero-order valence-corrected chi connectivity index (χ0v) is 21.9. The molecule has 2 amide bonds. The van der Waals surface area contributed by atoms with E-state index < -0.39 is 0 Å². The van der Waals surface area contributed by atoms with Crippen LogP contribution in [0.4, 0.5) is 11.4 Å². The fourth-order valence-corrected chi connectivity index (χ4v) is 5.43. The van der Waals surface area contributed by atoms with Crippen molar-refractivity contribution in [2.45, 2.75) is 16.6 Å². The van der Waals surface area contributed by atoms with E-state index in [1.54, 1.807) is 50.1 Å². The van der Waals surface area contributed by atoms with Crippen LogP contribution in [-0.2, 0) is 9.59 Å². The van der Waals surface area contributed by atoms with Gasteiger partial charge in [0, 0.05) is 26.7 Å². The molecule has 182 valence electrons. The lowest BCUT2D eigenvalue weighted by Crippen LogP contribution is -2.38. The maximum atomic E-state index is 13.5. The number of halogens is 1. The fourth-order valence-electron chi connectivity index (χ4n) is 3.90. The van der Waals surface area contributed by atoms with E-state index in [0.29, 0.717) is 28.6 Å². The Balaban J connectivity index is 1.63. The molecule has 3 aromatic rings. The normalized spacial score (nSPS) is 15.1. The molecule has 3 aromatic carbocycles. The van der Waals surface area contributed by atoms with Crippen molar-refractivity contribution in [2.24, 2.45) is 0 Å². The second kappa shape index (κ2) is 11.0. The zero-order chi connectivity index (χ0) is 24.9. The highest BCUT2D eigenvalue weighted by atomic mass is 79.9. The molecule has 0 aromatic heterocycles. The molecule has 4 rings (SSSR count). The van der Waals surface area contributed by atoms with E-state index in [-0.39, 0.29) is 30.0 Å². The Labute approximate surface area is 216 Å². The summed E-state index contributed by atoms with van der Waals surface area (Å²) in [4.78, 5) is 28.8. The molecule has 0 fully saturated rings. The molecule has 0 bridgehead atoms. The van der Waals surface area contributed by atoms with Crippen molar-refractivity contribution in [3.8, 4) is 17.2 Å². The van der Waals surface area contributed by atoms with Crippen LogP contribution in [0.15, 0.2) is 70.0 Å². The third kappa shape index (κ3) is 5.57. The largest absolute Gasteiger partial charge is 0.493 e. The molecule has 7 nitrogen and oxygen atoms in total. The second-order valence-corrected chi connectivity index (χ2v) is 9.93. The fraction of sp³-hybridized carbons (Fsp3) is 0.231. The van der Waals surface area contributed by atoms with Crippen LogP contribution in [0.1, 0.15) is 17.2 Å². The standard InChI is InChI=1S/C26H25BrN2O5S/c1-32-20-12-16(13-21(33-2)26(20)34-3)23-14-25(31)29(19-6-4-5-7-22(19)35-23)15-24(30)28-18-10-8-17(27)9-11-18/h4-13,23H,14-15H2,1-3H3,(H,28,30). The number of carbonyl (C=O) groups excluding carboxylic acids is 2. The molecule has 0 saturated carbocycles. The molecule has 1 aliphatic rings. The Morgan fingerprint density at radius 2 is 1.69 bits per heavy atom. The lowest BCUT2D eigenvalue weighted by Gasteiger charge is -2.22. The van der Waals surface area contributed by atoms with Crippen LogP contribution in [0.25, 0.3) is 0 Å². The van der Waals surface area contributed by atoms with Crippen LogP contribution < -0.4 is 24.4 Å². The topological polar surface area (TPSA) is 77.1 Å². The number of fused-ring (bicyclic) bond motifs is 1. The number of hydrogen-bond acceptors (Lipinski definition) is 6. The first kappa shape index (κ1) is 24.9. The molecule has 0 saturated heterocycles. The van der Waals surface area contributed by atoms with Gasteiger partial charge in [-0.25, -0.2) is 0 Å². The number of carbonyl (C=O) groups is 2. The van der Waals surface area contributed by atoms with Crippen LogP contribution in [0.2, 0.25) is 0 Å². The first-order chi connectivity index (χ1) is 16.9. The number of anilines is 2. The van der Waals surface area contributed by atoms with E-state index in [0.717, 1.165) is 14.9 Å². The van der Waals surface area contributed by atoms with Gasteiger partial charge in [-0.2, -0.15) is 0 Å². The summed E-state index contributed by atoms with van der Waals surface area (Å²) >= 11 is 4.96. The zero-order valence-electron chi connectivity index (χ0n) is 19.5. The van der Waals surface area contributed by atoms with E-state index in [1.165, 1.54) is 0 Å². The predicted molar refractivity (Wildman–Crippen MR) is 141 cm³/mol. The predicted octanol–water partition coefficient (Wildman–Crippen LogP) is 5.68. The van der Waals surface area contributed by atoms with E-state index in [4.69, 9.17) is 14.2 Å². The monoisotopic (exact) mass is 556 g/mol. The summed E-state index contributed by atoms with van der Waals surface area (Å²) in [5.74, 6) is 1.13. The van der Waals surface area contributed by atoms with E-state index in [9.17, 15) is 9.59 Å². The molecule has 1 aliphatic heterocycles. The van der Waals surface area contributed by atoms with Crippen molar-refractivity contribution in [1.29, 1.82) is 0 Å². The molecular formula is C26H25BrN2O5S. The molecule has 0 aliphatic carbocycles. The van der Waals surface area contributed by atoms with Gasteiger partial charge in [0.1, 0.15) is 6.54 Å². The highest BCUT2D eigenvalue weighted by Gasteiger charge is 2.31. The van der Waals surface area contributed by atoms with Gasteiger partial charge in [0.2, 0.25) is 17.6 Å². The number of nitrogens with one attached hydrogen (secondary N) is 1. The summed E-state index contributed by atoms with van der Waals surface area (Å²) in [5, 5.41) is 2.66. The molecule has 1 atom stereocenters. The van der Waals surface area contributed by atoms with Gasteiger partial charge >= 0.3 is 0 Å². The summed E-state index contributed by atoms with van der Waals surface area (Å²) < 4.78 is 17.4. The van der Waals surface area contributed by atoms with Crippen LogP contribution >= 0.6 is 27.7 Å². The quantitative estimate of drug-likeness (QED) is 0.403. The van der Waals surface area contributed by atoms with Crippen molar-refractivity contribution >= 4 is 50.9 Å². The number of nitrogens with zero attached hydrogens (tertiary/aromatic N) is 1. The van der Waals surface area contributed by atoms with Gasteiger partial charge in [0.25, 0.3) is 0 Å². The number of ether oxygens (including phenoxy) is 3. The number of thioether (sulfide) groups is 1. The molecule has 1 heterocycles. The number of benzene rings is 3. The number of methoxy groups -OCH3 is 3. The molecule has 35 heavy (non-hydrogen) atoms. The Hall–Kier alpha value is -3.17.